The molecule has 18 heavy (non-hydrogen) atoms. The van der Waals surface area contributed by atoms with Crippen molar-refractivity contribution in [2.24, 2.45) is 5.92 Å². The van der Waals surface area contributed by atoms with Crippen molar-refractivity contribution in [3.63, 3.8) is 0 Å². The van der Waals surface area contributed by atoms with Gasteiger partial charge in [-0.1, -0.05) is 19.9 Å². The van der Waals surface area contributed by atoms with Crippen molar-refractivity contribution >= 4 is 23.2 Å². The summed E-state index contributed by atoms with van der Waals surface area (Å²) in [5.74, 6) is -0.173. The number of nitrogens with two attached hydrogens (primary N) is 1. The lowest BCUT2D eigenvalue weighted by Gasteiger charge is -2.16. The zero-order valence-electron chi connectivity index (χ0n) is 10.5. The second kappa shape index (κ2) is 4.68. The molecule has 1 aromatic rings. The van der Waals surface area contributed by atoms with Gasteiger partial charge in [-0.3, -0.25) is 9.59 Å². The molecule has 0 aromatic heterocycles. The number of nitrogens with one attached hydrogen (secondary N) is 2. The molecule has 1 aromatic carbocycles. The standard InChI is InChI=1S/C13H17N3O2/c1-7(2)6-10-12(17)15-9-5-3-4-8(14)11(9)13(18)16-10/h3-5,7,10H,6,14H2,1-2H3,(H,15,17)(H,16,18)/t10-/m1/s1. The maximum Gasteiger partial charge on any atom is 0.256 e. The van der Waals surface area contributed by atoms with Crippen molar-refractivity contribution < 1.29 is 9.59 Å². The molecule has 0 spiro atoms. The molecule has 1 heterocycles. The molecule has 1 aliphatic rings. The summed E-state index contributed by atoms with van der Waals surface area (Å²) in [5, 5.41) is 5.47. The van der Waals surface area contributed by atoms with Crippen LogP contribution in [0.1, 0.15) is 30.6 Å². The van der Waals surface area contributed by atoms with Crippen LogP contribution < -0.4 is 16.4 Å². The average molecular weight is 247 g/mol. The molecule has 0 radical (unpaired) electrons. The first-order valence-electron chi connectivity index (χ1n) is 5.99. The third-order valence-corrected chi connectivity index (χ3v) is 2.91. The van der Waals surface area contributed by atoms with Gasteiger partial charge in [-0.15, -0.1) is 0 Å². The second-order valence-corrected chi connectivity index (χ2v) is 4.91. The van der Waals surface area contributed by atoms with E-state index >= 15 is 0 Å². The first kappa shape index (κ1) is 12.4. The van der Waals surface area contributed by atoms with E-state index in [1.807, 2.05) is 13.8 Å². The van der Waals surface area contributed by atoms with Gasteiger partial charge >= 0.3 is 0 Å². The molecule has 1 aliphatic heterocycles. The van der Waals surface area contributed by atoms with Crippen LogP contribution in [-0.2, 0) is 4.79 Å². The Balaban J connectivity index is 2.35. The van der Waals surface area contributed by atoms with E-state index in [0.29, 0.717) is 29.3 Å². The van der Waals surface area contributed by atoms with Crippen molar-refractivity contribution in [1.29, 1.82) is 0 Å². The SMILES string of the molecule is CC(C)C[C@H]1NC(=O)c2c(N)cccc2NC1=O. The van der Waals surface area contributed by atoms with Crippen LogP contribution in [0.3, 0.4) is 0 Å². The zero-order valence-corrected chi connectivity index (χ0v) is 10.5. The van der Waals surface area contributed by atoms with Crippen molar-refractivity contribution in [2.45, 2.75) is 26.3 Å². The van der Waals surface area contributed by atoms with Crippen molar-refractivity contribution in [3.05, 3.63) is 23.8 Å². The Bertz CT molecular complexity index is 497. The molecule has 0 fully saturated rings. The lowest BCUT2D eigenvalue weighted by atomic mass is 10.0. The quantitative estimate of drug-likeness (QED) is 0.690. The van der Waals surface area contributed by atoms with Crippen LogP contribution in [0.5, 0.6) is 0 Å². The summed E-state index contributed by atoms with van der Waals surface area (Å²) in [6.07, 6.45) is 0.603. The van der Waals surface area contributed by atoms with E-state index in [1.54, 1.807) is 18.2 Å². The topological polar surface area (TPSA) is 84.2 Å². The maximum absolute atomic E-state index is 12.1. The molecule has 0 aliphatic carbocycles. The molecule has 0 saturated carbocycles. The zero-order chi connectivity index (χ0) is 13.3. The molecular formula is C13H17N3O2. The van der Waals surface area contributed by atoms with Gasteiger partial charge in [0.1, 0.15) is 6.04 Å². The molecular weight excluding hydrogens is 230 g/mol. The number of carbonyl (C=O) groups is 2. The van der Waals surface area contributed by atoms with Crippen LogP contribution in [0, 0.1) is 5.92 Å². The molecule has 2 amide bonds. The molecule has 0 unspecified atom stereocenters. The van der Waals surface area contributed by atoms with E-state index < -0.39 is 6.04 Å². The molecule has 0 bridgehead atoms. The summed E-state index contributed by atoms with van der Waals surface area (Å²) in [4.78, 5) is 24.1. The number of hydrogen-bond acceptors (Lipinski definition) is 3. The second-order valence-electron chi connectivity index (χ2n) is 4.91. The highest BCUT2D eigenvalue weighted by Crippen LogP contribution is 2.25. The predicted octanol–water partition coefficient (Wildman–Crippen LogP) is 1.37. The van der Waals surface area contributed by atoms with Gasteiger partial charge in [0.15, 0.2) is 0 Å². The summed E-state index contributed by atoms with van der Waals surface area (Å²) in [6.45, 7) is 4.01. The van der Waals surface area contributed by atoms with Gasteiger partial charge in [0, 0.05) is 5.69 Å². The fourth-order valence-electron chi connectivity index (χ4n) is 2.08. The number of carbonyl (C=O) groups excluding carboxylic acids is 2. The Labute approximate surface area is 106 Å². The van der Waals surface area contributed by atoms with Crippen LogP contribution in [0.25, 0.3) is 0 Å². The lowest BCUT2D eigenvalue weighted by Crippen LogP contribution is -2.42. The number of nitrogen functional groups attached to an aromatic ring is 1. The summed E-state index contributed by atoms with van der Waals surface area (Å²) < 4.78 is 0. The van der Waals surface area contributed by atoms with Crippen LogP contribution in [0.15, 0.2) is 18.2 Å². The van der Waals surface area contributed by atoms with Gasteiger partial charge in [-0.2, -0.15) is 0 Å². The highest BCUT2D eigenvalue weighted by Gasteiger charge is 2.29. The van der Waals surface area contributed by atoms with Gasteiger partial charge in [-0.25, -0.2) is 0 Å². The average Bonchev–Trinajstić information content (AvgIpc) is 2.37. The smallest absolute Gasteiger partial charge is 0.256 e. The molecule has 5 heteroatoms. The first-order valence-corrected chi connectivity index (χ1v) is 5.99. The van der Waals surface area contributed by atoms with Gasteiger partial charge in [0.25, 0.3) is 5.91 Å². The van der Waals surface area contributed by atoms with Crippen molar-refractivity contribution in [1.82, 2.24) is 5.32 Å². The molecule has 2 rings (SSSR count). The van der Waals surface area contributed by atoms with Gasteiger partial charge < -0.3 is 16.4 Å². The Morgan fingerprint density at radius 1 is 1.33 bits per heavy atom. The molecule has 5 nitrogen and oxygen atoms in total. The number of rotatable bonds is 2. The summed E-state index contributed by atoms with van der Waals surface area (Å²) in [7, 11) is 0. The number of benzene rings is 1. The Morgan fingerprint density at radius 3 is 2.72 bits per heavy atom. The van der Waals surface area contributed by atoms with E-state index in [0.717, 1.165) is 0 Å². The normalized spacial score (nSPS) is 18.9. The van der Waals surface area contributed by atoms with Gasteiger partial charge in [0.2, 0.25) is 5.91 Å². The van der Waals surface area contributed by atoms with E-state index in [-0.39, 0.29) is 11.8 Å². The summed E-state index contributed by atoms with van der Waals surface area (Å²) >= 11 is 0. The summed E-state index contributed by atoms with van der Waals surface area (Å²) in [5.41, 5.74) is 6.97. The fraction of sp³-hybridized carbons (Fsp3) is 0.385. The van der Waals surface area contributed by atoms with Gasteiger partial charge in [0.05, 0.1) is 11.3 Å². The number of amides is 2. The fourth-order valence-corrected chi connectivity index (χ4v) is 2.08. The third-order valence-electron chi connectivity index (χ3n) is 2.91. The minimum atomic E-state index is -0.510. The highest BCUT2D eigenvalue weighted by atomic mass is 16.2. The van der Waals surface area contributed by atoms with E-state index in [4.69, 9.17) is 5.73 Å². The van der Waals surface area contributed by atoms with Crippen LogP contribution in [0.4, 0.5) is 11.4 Å². The predicted molar refractivity (Wildman–Crippen MR) is 70.2 cm³/mol. The third kappa shape index (κ3) is 2.30. The molecule has 96 valence electrons. The Kier molecular flexibility index (Phi) is 3.23. The van der Waals surface area contributed by atoms with Crippen LogP contribution >= 0.6 is 0 Å². The van der Waals surface area contributed by atoms with Crippen LogP contribution in [0.2, 0.25) is 0 Å². The number of hydrogen-bond donors (Lipinski definition) is 3. The summed E-state index contributed by atoms with van der Waals surface area (Å²) in [6, 6.07) is 4.53. The molecule has 1 atom stereocenters. The van der Waals surface area contributed by atoms with Crippen molar-refractivity contribution in [3.8, 4) is 0 Å². The largest absolute Gasteiger partial charge is 0.398 e. The number of anilines is 2. The first-order chi connectivity index (χ1) is 8.49. The maximum atomic E-state index is 12.1. The minimum absolute atomic E-state index is 0.193. The van der Waals surface area contributed by atoms with Gasteiger partial charge in [-0.05, 0) is 24.5 Å². The number of fused-ring (bicyclic) bond motifs is 1. The van der Waals surface area contributed by atoms with Crippen molar-refractivity contribution in [2.75, 3.05) is 11.1 Å². The van der Waals surface area contributed by atoms with Crippen LogP contribution in [-0.4, -0.2) is 17.9 Å². The molecule has 0 saturated heterocycles. The van der Waals surface area contributed by atoms with E-state index in [9.17, 15) is 9.59 Å². The Morgan fingerprint density at radius 2 is 2.06 bits per heavy atom. The molecule has 4 N–H and O–H groups in total. The Hall–Kier alpha value is -2.04. The van der Waals surface area contributed by atoms with E-state index in [1.165, 1.54) is 0 Å². The van der Waals surface area contributed by atoms with E-state index in [2.05, 4.69) is 10.6 Å². The lowest BCUT2D eigenvalue weighted by molar-refractivity contribution is -0.118. The monoisotopic (exact) mass is 247 g/mol. The minimum Gasteiger partial charge on any atom is -0.398 e. The highest BCUT2D eigenvalue weighted by molar-refractivity contribution is 6.12.